The van der Waals surface area contributed by atoms with Crippen LogP contribution in [0.3, 0.4) is 0 Å². The Balaban J connectivity index is 5.68. The maximum Gasteiger partial charge on any atom is 0.326 e. The minimum absolute atomic E-state index is 0.0443. The third-order valence-corrected chi connectivity index (χ3v) is 5.49. The molecule has 0 heterocycles. The zero-order valence-electron chi connectivity index (χ0n) is 22.7. The first-order chi connectivity index (χ1) is 19.1. The van der Waals surface area contributed by atoms with Gasteiger partial charge in [0.2, 0.25) is 29.5 Å². The van der Waals surface area contributed by atoms with Gasteiger partial charge in [-0.25, -0.2) is 4.79 Å². The van der Waals surface area contributed by atoms with Gasteiger partial charge in [-0.05, 0) is 38.5 Å². The molecule has 0 saturated heterocycles. The average molecular weight is 587 g/mol. The van der Waals surface area contributed by atoms with Crippen LogP contribution in [0.5, 0.6) is 0 Å². The van der Waals surface area contributed by atoms with Gasteiger partial charge in [-0.2, -0.15) is 0 Å². The normalized spacial score (nSPS) is 13.4. The zero-order valence-corrected chi connectivity index (χ0v) is 22.7. The lowest BCUT2D eigenvalue weighted by molar-refractivity contribution is -0.142. The van der Waals surface area contributed by atoms with E-state index in [1.54, 1.807) is 0 Å². The maximum absolute atomic E-state index is 13.2. The molecule has 0 rings (SSSR count). The molecule has 0 aromatic heterocycles. The standard InChI is InChI=1S/C22H42N12O7/c23-11(3-1-9-30-21(26)27)17(37)32-13(5-7-15(24)35)19(39)33-12(4-2-10-31-22(28)29)18(38)34-14(20(40)41)6-8-16(25)36/h11-14H,1-10,23H2,(H2,24,35)(H2,25,36)(H,32,37)(H,33,39)(H,34,38)(H,40,41)(H4,26,27,30)(H4,28,29,31). The van der Waals surface area contributed by atoms with Gasteiger partial charge in [0, 0.05) is 25.9 Å². The van der Waals surface area contributed by atoms with Crippen molar-refractivity contribution in [3.05, 3.63) is 0 Å². The first kappa shape index (κ1) is 36.3. The van der Waals surface area contributed by atoms with Crippen LogP contribution in [0.2, 0.25) is 0 Å². The molecule has 0 aliphatic rings. The molecule has 0 spiro atoms. The number of nitrogens with one attached hydrogen (secondary N) is 3. The molecule has 41 heavy (non-hydrogen) atoms. The van der Waals surface area contributed by atoms with E-state index in [4.69, 9.17) is 40.1 Å². The Labute approximate surface area is 236 Å². The average Bonchev–Trinajstić information content (AvgIpc) is 2.87. The number of hydrogen-bond donors (Lipinski definition) is 11. The summed E-state index contributed by atoms with van der Waals surface area (Å²) < 4.78 is 0. The summed E-state index contributed by atoms with van der Waals surface area (Å²) in [4.78, 5) is 80.4. The lowest BCUT2D eigenvalue weighted by atomic mass is 10.0. The van der Waals surface area contributed by atoms with Crippen LogP contribution in [0.15, 0.2) is 9.98 Å². The van der Waals surface area contributed by atoms with Crippen LogP contribution in [0.4, 0.5) is 0 Å². The van der Waals surface area contributed by atoms with E-state index >= 15 is 0 Å². The number of nitrogens with zero attached hydrogens (tertiary/aromatic N) is 2. The van der Waals surface area contributed by atoms with Gasteiger partial charge in [0.25, 0.3) is 0 Å². The molecule has 4 atom stereocenters. The van der Waals surface area contributed by atoms with Crippen LogP contribution in [0, 0.1) is 0 Å². The predicted molar refractivity (Wildman–Crippen MR) is 148 cm³/mol. The van der Waals surface area contributed by atoms with E-state index in [-0.39, 0.29) is 70.0 Å². The highest BCUT2D eigenvalue weighted by atomic mass is 16.4. The second-order valence-electron chi connectivity index (χ2n) is 9.04. The number of guanidine groups is 2. The highest BCUT2D eigenvalue weighted by Gasteiger charge is 2.30. The van der Waals surface area contributed by atoms with E-state index in [1.165, 1.54) is 0 Å². The molecule has 4 unspecified atom stereocenters. The molecule has 0 aromatic carbocycles. The molecular weight excluding hydrogens is 544 g/mol. The first-order valence-corrected chi connectivity index (χ1v) is 12.7. The summed E-state index contributed by atoms with van der Waals surface area (Å²) in [6.45, 7) is 0.310. The van der Waals surface area contributed by atoms with Gasteiger partial charge in [0.15, 0.2) is 11.9 Å². The molecule has 232 valence electrons. The molecule has 18 N–H and O–H groups in total. The van der Waals surface area contributed by atoms with Crippen molar-refractivity contribution in [1.82, 2.24) is 16.0 Å². The minimum Gasteiger partial charge on any atom is -0.480 e. The lowest BCUT2D eigenvalue weighted by Gasteiger charge is -2.25. The Morgan fingerprint density at radius 1 is 0.585 bits per heavy atom. The van der Waals surface area contributed by atoms with Crippen molar-refractivity contribution in [1.29, 1.82) is 0 Å². The summed E-state index contributed by atoms with van der Waals surface area (Å²) in [5.41, 5.74) is 37.2. The third kappa shape index (κ3) is 17.5. The number of aliphatic carboxylic acids is 1. The highest BCUT2D eigenvalue weighted by Crippen LogP contribution is 2.06. The molecule has 0 aliphatic heterocycles. The zero-order chi connectivity index (χ0) is 31.5. The molecule has 0 aliphatic carbocycles. The Morgan fingerprint density at radius 2 is 0.976 bits per heavy atom. The molecule has 19 heteroatoms. The molecule has 19 nitrogen and oxygen atoms in total. The van der Waals surface area contributed by atoms with E-state index in [0.29, 0.717) is 6.42 Å². The number of carboxylic acids is 1. The molecule has 5 amide bonds. The number of rotatable bonds is 21. The summed E-state index contributed by atoms with van der Waals surface area (Å²) in [5.74, 6) is -5.73. The number of hydrogen-bond acceptors (Lipinski definition) is 9. The van der Waals surface area contributed by atoms with E-state index < -0.39 is 59.7 Å². The minimum atomic E-state index is -1.48. The fraction of sp³-hybridized carbons (Fsp3) is 0.636. The summed E-state index contributed by atoms with van der Waals surface area (Å²) in [6, 6.07) is -5.16. The third-order valence-electron chi connectivity index (χ3n) is 5.49. The van der Waals surface area contributed by atoms with Crippen LogP contribution >= 0.6 is 0 Å². The molecule has 0 saturated carbocycles. The summed E-state index contributed by atoms with van der Waals surface area (Å²) in [6.07, 6.45) is -0.422. The number of carbonyl (C=O) groups excluding carboxylic acids is 5. The van der Waals surface area contributed by atoms with Crippen molar-refractivity contribution < 1.29 is 33.9 Å². The van der Waals surface area contributed by atoms with Crippen molar-refractivity contribution in [2.45, 2.75) is 75.5 Å². The van der Waals surface area contributed by atoms with Gasteiger partial charge in [-0.3, -0.25) is 34.0 Å². The van der Waals surface area contributed by atoms with Gasteiger partial charge in [-0.15, -0.1) is 0 Å². The van der Waals surface area contributed by atoms with Crippen LogP contribution in [0.25, 0.3) is 0 Å². The monoisotopic (exact) mass is 586 g/mol. The Morgan fingerprint density at radius 3 is 1.41 bits per heavy atom. The van der Waals surface area contributed by atoms with Crippen LogP contribution < -0.4 is 56.1 Å². The molecule has 0 bridgehead atoms. The second kappa shape index (κ2) is 19.4. The van der Waals surface area contributed by atoms with Gasteiger partial charge in [-0.1, -0.05) is 0 Å². The molecule has 0 fully saturated rings. The van der Waals surface area contributed by atoms with Gasteiger partial charge < -0.3 is 61.2 Å². The predicted octanol–water partition coefficient (Wildman–Crippen LogP) is -5.51. The largest absolute Gasteiger partial charge is 0.480 e. The highest BCUT2D eigenvalue weighted by molar-refractivity contribution is 5.94. The number of amides is 5. The maximum atomic E-state index is 13.2. The quantitative estimate of drug-likeness (QED) is 0.0341. The van der Waals surface area contributed by atoms with E-state index in [2.05, 4.69) is 25.9 Å². The fourth-order valence-corrected chi connectivity index (χ4v) is 3.35. The van der Waals surface area contributed by atoms with Crippen molar-refractivity contribution in [2.24, 2.45) is 50.1 Å². The van der Waals surface area contributed by atoms with E-state index in [9.17, 15) is 33.9 Å². The SMILES string of the molecule is NC(=O)CCC(NC(=O)C(CCCN=C(N)N)NC(=O)C(CCC(N)=O)NC(=O)C(N)CCCN=C(N)N)C(=O)O. The van der Waals surface area contributed by atoms with E-state index in [0.717, 1.165) is 0 Å². The van der Waals surface area contributed by atoms with Crippen LogP contribution in [0.1, 0.15) is 51.4 Å². The van der Waals surface area contributed by atoms with Crippen molar-refractivity contribution in [3.63, 3.8) is 0 Å². The number of nitrogens with two attached hydrogens (primary N) is 7. The Kier molecular flexibility index (Phi) is 17.2. The molecular formula is C22H42N12O7. The topological polar surface area (TPSA) is 366 Å². The van der Waals surface area contributed by atoms with Crippen molar-refractivity contribution >= 4 is 47.4 Å². The Bertz CT molecular complexity index is 980. The van der Waals surface area contributed by atoms with Crippen LogP contribution in [-0.4, -0.2) is 89.8 Å². The molecule has 0 aromatic rings. The smallest absolute Gasteiger partial charge is 0.326 e. The van der Waals surface area contributed by atoms with Crippen molar-refractivity contribution in [2.75, 3.05) is 13.1 Å². The summed E-state index contributed by atoms with van der Waals surface area (Å²) >= 11 is 0. The lowest BCUT2D eigenvalue weighted by Crippen LogP contribution is -2.57. The molecule has 0 radical (unpaired) electrons. The first-order valence-electron chi connectivity index (χ1n) is 12.7. The van der Waals surface area contributed by atoms with Gasteiger partial charge in [0.05, 0.1) is 6.04 Å². The van der Waals surface area contributed by atoms with Gasteiger partial charge in [0.1, 0.15) is 18.1 Å². The fourth-order valence-electron chi connectivity index (χ4n) is 3.35. The van der Waals surface area contributed by atoms with Gasteiger partial charge >= 0.3 is 5.97 Å². The number of primary amides is 2. The van der Waals surface area contributed by atoms with E-state index in [1.807, 2.05) is 0 Å². The summed E-state index contributed by atoms with van der Waals surface area (Å²) in [7, 11) is 0. The number of carboxylic acid groups (broad SMARTS) is 1. The summed E-state index contributed by atoms with van der Waals surface area (Å²) in [5, 5.41) is 16.6. The number of carbonyl (C=O) groups is 6. The van der Waals surface area contributed by atoms with Crippen molar-refractivity contribution in [3.8, 4) is 0 Å². The van der Waals surface area contributed by atoms with Crippen LogP contribution in [-0.2, 0) is 28.8 Å². The second-order valence-corrected chi connectivity index (χ2v) is 9.04. The number of aliphatic imine (C=N–C) groups is 2. The Hall–Kier alpha value is -4.68.